The Morgan fingerprint density at radius 3 is 2.62 bits per heavy atom. The molecule has 0 aromatic heterocycles. The molecule has 2 rings (SSSR count). The average molecular weight is 237 g/mol. The first kappa shape index (κ1) is 11.5. The highest BCUT2D eigenvalue weighted by atomic mass is 32.1. The maximum absolute atomic E-state index is 11.7. The molecule has 0 aliphatic carbocycles. The van der Waals surface area contributed by atoms with Crippen LogP contribution in [-0.2, 0) is 4.79 Å². The Labute approximate surface area is 100 Å². The molecule has 4 heteroatoms. The van der Waals surface area contributed by atoms with Crippen LogP contribution in [0.4, 0.5) is 0 Å². The summed E-state index contributed by atoms with van der Waals surface area (Å²) < 4.78 is 0. The zero-order valence-electron chi connectivity index (χ0n) is 8.91. The largest absolute Gasteiger partial charge is 0.394 e. The molecule has 86 valence electrons. The van der Waals surface area contributed by atoms with Crippen molar-refractivity contribution in [3.63, 3.8) is 0 Å². The standard InChI is InChI=1S/C12H15NO2S/c14-8-11(9-4-2-1-3-5-9)13-7-10(16)6-12(13)15/h1-5,10-11,14,16H,6-8H2. The smallest absolute Gasteiger partial charge is 0.224 e. The minimum absolute atomic E-state index is 0.0454. The van der Waals surface area contributed by atoms with E-state index in [1.54, 1.807) is 4.90 Å². The molecule has 2 unspecified atom stereocenters. The van der Waals surface area contributed by atoms with Gasteiger partial charge in [-0.25, -0.2) is 0 Å². The number of aliphatic hydroxyl groups excluding tert-OH is 1. The third-order valence-electron chi connectivity index (χ3n) is 2.87. The molecule has 1 amide bonds. The summed E-state index contributed by atoms with van der Waals surface area (Å²) >= 11 is 4.31. The van der Waals surface area contributed by atoms with Crippen molar-refractivity contribution in [1.29, 1.82) is 0 Å². The number of aliphatic hydroxyl groups is 1. The van der Waals surface area contributed by atoms with Gasteiger partial charge in [0.1, 0.15) is 0 Å². The number of carbonyl (C=O) groups excluding carboxylic acids is 1. The summed E-state index contributed by atoms with van der Waals surface area (Å²) in [5, 5.41) is 9.51. The van der Waals surface area contributed by atoms with E-state index < -0.39 is 0 Å². The third-order valence-corrected chi connectivity index (χ3v) is 3.22. The second-order valence-corrected chi connectivity index (χ2v) is 4.74. The van der Waals surface area contributed by atoms with Crippen LogP contribution in [-0.4, -0.2) is 34.3 Å². The highest BCUT2D eigenvalue weighted by Gasteiger charge is 2.32. The third kappa shape index (κ3) is 2.23. The van der Waals surface area contributed by atoms with Gasteiger partial charge >= 0.3 is 0 Å². The molecule has 0 bridgehead atoms. The van der Waals surface area contributed by atoms with Gasteiger partial charge in [0, 0.05) is 18.2 Å². The first-order valence-corrected chi connectivity index (χ1v) is 5.87. The molecule has 1 heterocycles. The highest BCUT2D eigenvalue weighted by Crippen LogP contribution is 2.27. The van der Waals surface area contributed by atoms with E-state index in [4.69, 9.17) is 0 Å². The van der Waals surface area contributed by atoms with Crippen molar-refractivity contribution in [3.05, 3.63) is 35.9 Å². The Bertz CT molecular complexity index is 369. The molecule has 1 aromatic rings. The van der Waals surface area contributed by atoms with E-state index in [-0.39, 0.29) is 23.8 Å². The maximum atomic E-state index is 11.7. The molecule has 1 aliphatic heterocycles. The van der Waals surface area contributed by atoms with Crippen molar-refractivity contribution < 1.29 is 9.90 Å². The number of thiol groups is 1. The molecule has 0 spiro atoms. The van der Waals surface area contributed by atoms with Crippen LogP contribution in [0.25, 0.3) is 0 Å². The van der Waals surface area contributed by atoms with E-state index in [1.807, 2.05) is 30.3 Å². The normalized spacial score (nSPS) is 22.5. The van der Waals surface area contributed by atoms with Crippen LogP contribution < -0.4 is 0 Å². The van der Waals surface area contributed by atoms with Crippen LogP contribution in [0, 0.1) is 0 Å². The van der Waals surface area contributed by atoms with Gasteiger partial charge in [-0.3, -0.25) is 4.79 Å². The van der Waals surface area contributed by atoms with E-state index >= 15 is 0 Å². The summed E-state index contributed by atoms with van der Waals surface area (Å²) in [5.74, 6) is 0.0721. The summed E-state index contributed by atoms with van der Waals surface area (Å²) in [6, 6.07) is 9.38. The molecule has 3 nitrogen and oxygen atoms in total. The summed E-state index contributed by atoms with van der Waals surface area (Å²) in [6.07, 6.45) is 0.465. The van der Waals surface area contributed by atoms with Crippen LogP contribution in [0.5, 0.6) is 0 Å². The van der Waals surface area contributed by atoms with Gasteiger partial charge in [0.05, 0.1) is 12.6 Å². The summed E-state index contributed by atoms with van der Waals surface area (Å²) in [4.78, 5) is 13.4. The lowest BCUT2D eigenvalue weighted by Crippen LogP contribution is -2.32. The van der Waals surface area contributed by atoms with E-state index in [0.29, 0.717) is 13.0 Å². The molecule has 0 radical (unpaired) electrons. The van der Waals surface area contributed by atoms with Crippen LogP contribution in [0.1, 0.15) is 18.0 Å². The summed E-state index contributed by atoms with van der Waals surface area (Å²) in [6.45, 7) is 0.568. The Hall–Kier alpha value is -1.00. The molecule has 1 aromatic carbocycles. The van der Waals surface area contributed by atoms with Gasteiger partial charge in [-0.15, -0.1) is 0 Å². The molecule has 0 saturated carbocycles. The van der Waals surface area contributed by atoms with Crippen molar-refractivity contribution in [3.8, 4) is 0 Å². The first-order valence-electron chi connectivity index (χ1n) is 5.35. The van der Waals surface area contributed by atoms with Crippen molar-refractivity contribution in [2.75, 3.05) is 13.2 Å². The Balaban J connectivity index is 2.20. The molecular weight excluding hydrogens is 222 g/mol. The van der Waals surface area contributed by atoms with Crippen LogP contribution in [0.2, 0.25) is 0 Å². The Morgan fingerprint density at radius 1 is 1.44 bits per heavy atom. The highest BCUT2D eigenvalue weighted by molar-refractivity contribution is 7.81. The van der Waals surface area contributed by atoms with Gasteiger partial charge in [0.15, 0.2) is 0 Å². The molecule has 16 heavy (non-hydrogen) atoms. The van der Waals surface area contributed by atoms with Gasteiger partial charge in [0.2, 0.25) is 5.91 Å². The molecule has 2 atom stereocenters. The minimum Gasteiger partial charge on any atom is -0.394 e. The SMILES string of the molecule is O=C1CC(S)CN1C(CO)c1ccccc1. The number of likely N-dealkylation sites (tertiary alicyclic amines) is 1. The van der Waals surface area contributed by atoms with Gasteiger partial charge in [-0.05, 0) is 5.56 Å². The van der Waals surface area contributed by atoms with Crippen molar-refractivity contribution in [1.82, 2.24) is 4.90 Å². The van der Waals surface area contributed by atoms with Gasteiger partial charge in [-0.2, -0.15) is 12.6 Å². The Morgan fingerprint density at radius 2 is 2.12 bits per heavy atom. The predicted molar refractivity (Wildman–Crippen MR) is 65.4 cm³/mol. The fourth-order valence-corrected chi connectivity index (χ4v) is 2.40. The lowest BCUT2D eigenvalue weighted by Gasteiger charge is -2.26. The van der Waals surface area contributed by atoms with Gasteiger partial charge < -0.3 is 10.0 Å². The van der Waals surface area contributed by atoms with Crippen LogP contribution in [0.3, 0.4) is 0 Å². The van der Waals surface area contributed by atoms with E-state index in [0.717, 1.165) is 5.56 Å². The lowest BCUT2D eigenvalue weighted by molar-refractivity contribution is -0.130. The molecular formula is C12H15NO2S. The summed E-state index contributed by atoms with van der Waals surface area (Å²) in [5.41, 5.74) is 0.973. The topological polar surface area (TPSA) is 40.5 Å². The maximum Gasteiger partial charge on any atom is 0.224 e. The quantitative estimate of drug-likeness (QED) is 0.777. The van der Waals surface area contributed by atoms with E-state index in [2.05, 4.69) is 12.6 Å². The molecule has 1 N–H and O–H groups in total. The predicted octanol–water partition coefficient (Wildman–Crippen LogP) is 1.25. The van der Waals surface area contributed by atoms with Crippen molar-refractivity contribution in [2.24, 2.45) is 0 Å². The zero-order valence-corrected chi connectivity index (χ0v) is 9.81. The van der Waals surface area contributed by atoms with E-state index in [1.165, 1.54) is 0 Å². The number of hydrogen-bond donors (Lipinski definition) is 2. The van der Waals surface area contributed by atoms with Crippen LogP contribution in [0.15, 0.2) is 30.3 Å². The molecule has 1 aliphatic rings. The Kier molecular flexibility index (Phi) is 3.51. The second kappa shape index (κ2) is 4.89. The lowest BCUT2D eigenvalue weighted by atomic mass is 10.1. The number of rotatable bonds is 3. The molecule has 1 saturated heterocycles. The minimum atomic E-state index is -0.231. The van der Waals surface area contributed by atoms with E-state index in [9.17, 15) is 9.90 Å². The zero-order chi connectivity index (χ0) is 11.5. The number of benzene rings is 1. The van der Waals surface area contributed by atoms with Gasteiger partial charge in [-0.1, -0.05) is 30.3 Å². The second-order valence-electron chi connectivity index (χ2n) is 4.01. The fraction of sp³-hybridized carbons (Fsp3) is 0.417. The number of nitrogens with zero attached hydrogens (tertiary/aromatic N) is 1. The van der Waals surface area contributed by atoms with Crippen LogP contribution >= 0.6 is 12.6 Å². The average Bonchev–Trinajstić information content (AvgIpc) is 2.61. The number of hydrogen-bond acceptors (Lipinski definition) is 3. The monoisotopic (exact) mass is 237 g/mol. The number of carbonyl (C=O) groups is 1. The fourth-order valence-electron chi connectivity index (χ4n) is 2.07. The molecule has 1 fully saturated rings. The first-order chi connectivity index (χ1) is 7.72. The number of amides is 1. The summed E-state index contributed by atoms with van der Waals surface area (Å²) in [7, 11) is 0. The van der Waals surface area contributed by atoms with Gasteiger partial charge in [0.25, 0.3) is 0 Å². The van der Waals surface area contributed by atoms with Crippen molar-refractivity contribution in [2.45, 2.75) is 17.7 Å². The van der Waals surface area contributed by atoms with Crippen molar-refractivity contribution >= 4 is 18.5 Å².